The number of fused-ring (bicyclic) bond motifs is 5. The van der Waals surface area contributed by atoms with Crippen LogP contribution in [0.15, 0.2) is 47.5 Å². The average molecular weight is 423 g/mol. The molecule has 8 nitrogen and oxygen atoms in total. The predicted molar refractivity (Wildman–Crippen MR) is 113 cm³/mol. The highest BCUT2D eigenvalue weighted by atomic mass is 32.1. The summed E-state index contributed by atoms with van der Waals surface area (Å²) in [6.07, 6.45) is 7.29. The zero-order chi connectivity index (χ0) is 20.7. The van der Waals surface area contributed by atoms with Crippen molar-refractivity contribution in [1.29, 1.82) is 0 Å². The molecule has 1 amide bonds. The van der Waals surface area contributed by atoms with E-state index in [1.165, 1.54) is 11.3 Å². The smallest absolute Gasteiger partial charge is 0.268 e. The zero-order valence-electron chi connectivity index (χ0n) is 16.5. The normalized spacial score (nSPS) is 17.6. The van der Waals surface area contributed by atoms with E-state index >= 15 is 0 Å². The number of thiophene rings is 1. The van der Waals surface area contributed by atoms with Gasteiger partial charge in [-0.15, -0.1) is 34.7 Å². The van der Waals surface area contributed by atoms with Crippen molar-refractivity contribution in [3.05, 3.63) is 59.5 Å². The quantitative estimate of drug-likeness (QED) is 0.543. The molecule has 1 saturated heterocycles. The first-order valence-electron chi connectivity index (χ1n) is 9.94. The van der Waals surface area contributed by atoms with Gasteiger partial charge in [-0.3, -0.25) is 14.3 Å². The number of nitrogens with zero attached hydrogens (tertiary/aromatic N) is 6. The van der Waals surface area contributed by atoms with Gasteiger partial charge in [0.1, 0.15) is 11.2 Å². The molecule has 0 spiro atoms. The van der Waals surface area contributed by atoms with Crippen LogP contribution in [0.3, 0.4) is 0 Å². The first kappa shape index (κ1) is 19.0. The summed E-state index contributed by atoms with van der Waals surface area (Å²) in [6, 6.07) is 1.93. The van der Waals surface area contributed by atoms with Gasteiger partial charge in [0, 0.05) is 19.6 Å². The first-order valence-corrected chi connectivity index (χ1v) is 10.8. The van der Waals surface area contributed by atoms with Gasteiger partial charge in [-0.2, -0.15) is 0 Å². The lowest BCUT2D eigenvalue weighted by atomic mass is 10.1. The van der Waals surface area contributed by atoms with Crippen LogP contribution in [-0.4, -0.2) is 55.1 Å². The number of amides is 1. The van der Waals surface area contributed by atoms with Crippen molar-refractivity contribution < 1.29 is 9.21 Å². The number of hydrogen-bond acceptors (Lipinski definition) is 7. The van der Waals surface area contributed by atoms with E-state index in [1.54, 1.807) is 6.33 Å². The molecule has 2 aliphatic rings. The minimum atomic E-state index is -0.0389. The highest BCUT2D eigenvalue weighted by Crippen LogP contribution is 2.43. The molecule has 0 aromatic carbocycles. The summed E-state index contributed by atoms with van der Waals surface area (Å²) in [6.45, 7) is 10.2. The molecule has 30 heavy (non-hydrogen) atoms. The molecule has 0 bridgehead atoms. The molecule has 3 aromatic rings. The molecule has 5 heterocycles. The van der Waals surface area contributed by atoms with Crippen LogP contribution in [0.1, 0.15) is 40.1 Å². The maximum atomic E-state index is 13.1. The summed E-state index contributed by atoms with van der Waals surface area (Å²) in [5.74, 6) is 0.987. The lowest BCUT2D eigenvalue weighted by Gasteiger charge is -2.22. The maximum absolute atomic E-state index is 13.1. The molecule has 1 atom stereocenters. The second kappa shape index (κ2) is 7.66. The summed E-state index contributed by atoms with van der Waals surface area (Å²) in [5, 5.41) is 10.5. The molecular formula is C21H22N6O2S. The van der Waals surface area contributed by atoms with E-state index in [1.807, 2.05) is 33.1 Å². The maximum Gasteiger partial charge on any atom is 0.268 e. The van der Waals surface area contributed by atoms with E-state index in [4.69, 9.17) is 4.42 Å². The second-order valence-electron chi connectivity index (χ2n) is 7.41. The number of carbonyl (C=O) groups excluding carboxylic acids is 1. The van der Waals surface area contributed by atoms with Crippen LogP contribution in [0.2, 0.25) is 0 Å². The third-order valence-electron chi connectivity index (χ3n) is 5.53. The SMILES string of the molecule is C=CCN(CC=C)Cc1nnc(-c2ncn3c2[C@@H]2CCCN2C(=O)c2sccc2-3)o1. The Morgan fingerprint density at radius 3 is 2.93 bits per heavy atom. The van der Waals surface area contributed by atoms with E-state index in [-0.39, 0.29) is 11.9 Å². The molecule has 0 aliphatic carbocycles. The fraction of sp³-hybridized carbons (Fsp3) is 0.333. The van der Waals surface area contributed by atoms with Crippen molar-refractivity contribution in [2.75, 3.05) is 19.6 Å². The Bertz CT molecular complexity index is 1100. The van der Waals surface area contributed by atoms with Gasteiger partial charge in [0.2, 0.25) is 5.89 Å². The standard InChI is InChI=1S/C21H22N6O2S/c1-3-8-25(9-4-2)12-16-23-24-20(29-16)17-18-14-6-5-10-26(14)21(28)19-15(7-11-30-19)27(18)13-22-17/h3-4,7,11,13-14H,1-2,5-6,8-10,12H2/t14-/m0/s1. The highest BCUT2D eigenvalue weighted by molar-refractivity contribution is 7.12. The lowest BCUT2D eigenvalue weighted by Crippen LogP contribution is -2.29. The van der Waals surface area contributed by atoms with Crippen molar-refractivity contribution in [3.8, 4) is 17.3 Å². The van der Waals surface area contributed by atoms with Crippen LogP contribution in [0.5, 0.6) is 0 Å². The summed E-state index contributed by atoms with van der Waals surface area (Å²) in [4.78, 5) is 22.5. The summed E-state index contributed by atoms with van der Waals surface area (Å²) >= 11 is 1.47. The van der Waals surface area contributed by atoms with E-state index < -0.39 is 0 Å². The molecule has 0 saturated carbocycles. The van der Waals surface area contributed by atoms with Crippen LogP contribution in [0.4, 0.5) is 0 Å². The minimum absolute atomic E-state index is 0.0389. The monoisotopic (exact) mass is 422 g/mol. The average Bonchev–Trinajstić information content (AvgIpc) is 3.51. The first-order chi connectivity index (χ1) is 14.7. The second-order valence-corrected chi connectivity index (χ2v) is 8.33. The molecular weight excluding hydrogens is 400 g/mol. The van der Waals surface area contributed by atoms with Gasteiger partial charge in [0.05, 0.1) is 24.0 Å². The van der Waals surface area contributed by atoms with Crippen LogP contribution >= 0.6 is 11.3 Å². The third-order valence-corrected chi connectivity index (χ3v) is 6.43. The van der Waals surface area contributed by atoms with Crippen molar-refractivity contribution in [3.63, 3.8) is 0 Å². The van der Waals surface area contributed by atoms with E-state index in [0.29, 0.717) is 37.1 Å². The van der Waals surface area contributed by atoms with Gasteiger partial charge < -0.3 is 9.32 Å². The Kier molecular flexibility index (Phi) is 4.84. The van der Waals surface area contributed by atoms with Crippen LogP contribution in [0.25, 0.3) is 17.3 Å². The molecule has 3 aromatic heterocycles. The van der Waals surface area contributed by atoms with Crippen molar-refractivity contribution >= 4 is 17.2 Å². The Labute approximate surface area is 178 Å². The fourth-order valence-corrected chi connectivity index (χ4v) is 5.12. The topological polar surface area (TPSA) is 80.3 Å². The molecule has 5 rings (SSSR count). The molecule has 0 radical (unpaired) electrons. The number of hydrogen-bond donors (Lipinski definition) is 0. The van der Waals surface area contributed by atoms with E-state index in [0.717, 1.165) is 35.6 Å². The molecule has 2 aliphatic heterocycles. The van der Waals surface area contributed by atoms with Gasteiger partial charge in [-0.25, -0.2) is 4.98 Å². The van der Waals surface area contributed by atoms with Crippen LogP contribution in [0, 0.1) is 0 Å². The van der Waals surface area contributed by atoms with Crippen LogP contribution < -0.4 is 0 Å². The van der Waals surface area contributed by atoms with E-state index in [9.17, 15) is 4.79 Å². The van der Waals surface area contributed by atoms with Gasteiger partial charge in [0.15, 0.2) is 5.69 Å². The van der Waals surface area contributed by atoms with Crippen molar-refractivity contribution in [2.24, 2.45) is 0 Å². The Balaban J connectivity index is 1.53. The summed E-state index contributed by atoms with van der Waals surface area (Å²) in [7, 11) is 0. The number of imidazole rings is 1. The summed E-state index contributed by atoms with van der Waals surface area (Å²) in [5.41, 5.74) is 2.47. The molecule has 9 heteroatoms. The van der Waals surface area contributed by atoms with Crippen molar-refractivity contribution in [1.82, 2.24) is 29.5 Å². The van der Waals surface area contributed by atoms with Crippen molar-refractivity contribution in [2.45, 2.75) is 25.4 Å². The molecule has 1 fully saturated rings. The van der Waals surface area contributed by atoms with Gasteiger partial charge in [-0.05, 0) is 24.3 Å². The third kappa shape index (κ3) is 3.01. The number of aromatic nitrogens is 4. The molecule has 0 unspecified atom stereocenters. The van der Waals surface area contributed by atoms with Gasteiger partial charge >= 0.3 is 0 Å². The van der Waals surface area contributed by atoms with Gasteiger partial charge in [-0.1, -0.05) is 12.2 Å². The number of carbonyl (C=O) groups is 1. The van der Waals surface area contributed by atoms with Gasteiger partial charge in [0.25, 0.3) is 11.8 Å². The van der Waals surface area contributed by atoms with E-state index in [2.05, 4.69) is 33.2 Å². The predicted octanol–water partition coefficient (Wildman–Crippen LogP) is 3.45. The molecule has 0 N–H and O–H groups in total. The Morgan fingerprint density at radius 1 is 1.30 bits per heavy atom. The Hall–Kier alpha value is -3.04. The minimum Gasteiger partial charge on any atom is -0.418 e. The summed E-state index contributed by atoms with van der Waals surface area (Å²) < 4.78 is 8.01. The number of rotatable bonds is 7. The zero-order valence-corrected chi connectivity index (χ0v) is 17.3. The highest BCUT2D eigenvalue weighted by Gasteiger charge is 2.40. The lowest BCUT2D eigenvalue weighted by molar-refractivity contribution is 0.0743. The van der Waals surface area contributed by atoms with Crippen LogP contribution in [-0.2, 0) is 6.54 Å². The fourth-order valence-electron chi connectivity index (χ4n) is 4.28. The largest absolute Gasteiger partial charge is 0.418 e. The Morgan fingerprint density at radius 2 is 2.13 bits per heavy atom. The molecule has 154 valence electrons.